The van der Waals surface area contributed by atoms with E-state index in [1.54, 1.807) is 0 Å². The largest absolute Gasteiger partial charge is 0.274 e. The predicted molar refractivity (Wildman–Crippen MR) is 69.5 cm³/mol. The van der Waals surface area contributed by atoms with Gasteiger partial charge in [0, 0.05) is 0 Å². The maximum absolute atomic E-state index is 5.73. The van der Waals surface area contributed by atoms with Crippen molar-refractivity contribution in [2.24, 2.45) is 0 Å². The van der Waals surface area contributed by atoms with E-state index in [4.69, 9.17) is 28.0 Å². The first-order valence-corrected chi connectivity index (χ1v) is 5.87. The molecule has 0 bridgehead atoms. The second kappa shape index (κ2) is 5.95. The molecule has 5 nitrogen and oxygen atoms in total. The fraction of sp³-hybridized carbons (Fsp3) is 0.182. The summed E-state index contributed by atoms with van der Waals surface area (Å²) in [6, 6.07) is 9.76. The van der Waals surface area contributed by atoms with Crippen molar-refractivity contribution in [1.29, 1.82) is 0 Å². The molecule has 0 saturated heterocycles. The Morgan fingerprint density at radius 2 is 1.67 bits per heavy atom. The van der Waals surface area contributed by atoms with E-state index in [1.165, 1.54) is 12.2 Å². The van der Waals surface area contributed by atoms with E-state index < -0.39 is 0 Å². The molecule has 1 heterocycles. The number of hydrogen-bond acceptors (Lipinski definition) is 5. The molecule has 0 unspecified atom stereocenters. The summed E-state index contributed by atoms with van der Waals surface area (Å²) in [5, 5.41) is 1.54. The molecule has 2 rings (SSSR count). The van der Waals surface area contributed by atoms with E-state index in [0.717, 1.165) is 5.56 Å². The van der Waals surface area contributed by atoms with Gasteiger partial charge in [-0.3, -0.25) is 4.84 Å². The third kappa shape index (κ3) is 3.29. The maximum atomic E-state index is 5.73. The molecule has 1 aromatic heterocycles. The van der Waals surface area contributed by atoms with Gasteiger partial charge in [0.25, 0.3) is 5.95 Å². The summed E-state index contributed by atoms with van der Waals surface area (Å²) in [5.41, 5.74) is 1.05. The summed E-state index contributed by atoms with van der Waals surface area (Å²) < 4.78 is 0. The molecule has 94 valence electrons. The van der Waals surface area contributed by atoms with Gasteiger partial charge >= 0.3 is 0 Å². The molecule has 18 heavy (non-hydrogen) atoms. The first kappa shape index (κ1) is 13.0. The second-order valence-electron chi connectivity index (χ2n) is 3.38. The summed E-state index contributed by atoms with van der Waals surface area (Å²) in [7, 11) is 1.52. The summed E-state index contributed by atoms with van der Waals surface area (Å²) >= 11 is 11.5. The highest BCUT2D eigenvalue weighted by molar-refractivity contribution is 6.31. The minimum absolute atomic E-state index is 0.0279. The van der Waals surface area contributed by atoms with Crippen LogP contribution in [0.15, 0.2) is 30.3 Å². The summed E-state index contributed by atoms with van der Waals surface area (Å²) in [6.07, 6.45) is 0. The van der Waals surface area contributed by atoms with Gasteiger partial charge in [0.2, 0.25) is 10.6 Å². The van der Waals surface area contributed by atoms with E-state index in [1.807, 2.05) is 30.3 Å². The van der Waals surface area contributed by atoms with Crippen molar-refractivity contribution in [2.75, 3.05) is 12.2 Å². The Morgan fingerprint density at radius 1 is 1.06 bits per heavy atom. The molecule has 0 aliphatic heterocycles. The van der Waals surface area contributed by atoms with Crippen molar-refractivity contribution in [2.45, 2.75) is 6.54 Å². The third-order valence-electron chi connectivity index (χ3n) is 2.18. The van der Waals surface area contributed by atoms with Crippen LogP contribution < -0.4 is 5.06 Å². The fourth-order valence-corrected chi connectivity index (χ4v) is 1.75. The summed E-state index contributed by atoms with van der Waals surface area (Å²) in [4.78, 5) is 16.8. The van der Waals surface area contributed by atoms with Crippen LogP contribution in [0.2, 0.25) is 10.6 Å². The zero-order chi connectivity index (χ0) is 13.0. The van der Waals surface area contributed by atoms with E-state index >= 15 is 0 Å². The molecule has 0 aliphatic carbocycles. The number of nitrogens with zero attached hydrogens (tertiary/aromatic N) is 4. The van der Waals surface area contributed by atoms with Crippen LogP contribution in [-0.4, -0.2) is 22.1 Å². The Bertz CT molecular complexity index is 503. The van der Waals surface area contributed by atoms with E-state index in [0.29, 0.717) is 6.54 Å². The highest BCUT2D eigenvalue weighted by atomic mass is 35.5. The first-order valence-electron chi connectivity index (χ1n) is 5.11. The average molecular weight is 285 g/mol. The van der Waals surface area contributed by atoms with Gasteiger partial charge in [0.15, 0.2) is 0 Å². The van der Waals surface area contributed by atoms with Crippen LogP contribution in [-0.2, 0) is 11.4 Å². The lowest BCUT2D eigenvalue weighted by molar-refractivity contribution is 0.158. The van der Waals surface area contributed by atoms with Crippen LogP contribution in [0.4, 0.5) is 5.95 Å². The molecule has 0 saturated carbocycles. The summed E-state index contributed by atoms with van der Waals surface area (Å²) in [5.74, 6) is 0.270. The Balaban J connectivity index is 2.23. The highest BCUT2D eigenvalue weighted by Crippen LogP contribution is 2.16. The molecule has 2 aromatic rings. The van der Waals surface area contributed by atoms with E-state index in [-0.39, 0.29) is 16.5 Å². The normalized spacial score (nSPS) is 10.4. The van der Waals surface area contributed by atoms with Crippen molar-refractivity contribution < 1.29 is 4.84 Å². The molecule has 0 atom stereocenters. The van der Waals surface area contributed by atoms with Crippen LogP contribution in [0.25, 0.3) is 0 Å². The number of aromatic nitrogens is 3. The van der Waals surface area contributed by atoms with Gasteiger partial charge in [-0.05, 0) is 28.8 Å². The van der Waals surface area contributed by atoms with Gasteiger partial charge in [-0.15, -0.1) is 0 Å². The van der Waals surface area contributed by atoms with E-state index in [2.05, 4.69) is 15.0 Å². The van der Waals surface area contributed by atoms with Crippen LogP contribution in [0, 0.1) is 0 Å². The molecular weight excluding hydrogens is 275 g/mol. The number of halogens is 2. The van der Waals surface area contributed by atoms with Gasteiger partial charge < -0.3 is 0 Å². The zero-order valence-corrected chi connectivity index (χ0v) is 11.1. The van der Waals surface area contributed by atoms with Gasteiger partial charge in [-0.25, -0.2) is 5.06 Å². The number of hydroxylamine groups is 1. The fourth-order valence-electron chi connectivity index (χ4n) is 1.39. The quantitative estimate of drug-likeness (QED) is 0.808. The van der Waals surface area contributed by atoms with Gasteiger partial charge in [0.05, 0.1) is 13.7 Å². The van der Waals surface area contributed by atoms with Gasteiger partial charge in [-0.1, -0.05) is 30.3 Å². The SMILES string of the molecule is CON(Cc1ccccc1)c1nc(Cl)nc(Cl)n1. The Kier molecular flexibility index (Phi) is 4.30. The monoisotopic (exact) mass is 284 g/mol. The molecule has 0 fully saturated rings. The van der Waals surface area contributed by atoms with E-state index in [9.17, 15) is 0 Å². The van der Waals surface area contributed by atoms with Crippen molar-refractivity contribution >= 4 is 29.2 Å². The molecule has 1 aromatic carbocycles. The van der Waals surface area contributed by atoms with Crippen molar-refractivity contribution in [3.8, 4) is 0 Å². The molecule has 0 aliphatic rings. The molecule has 0 N–H and O–H groups in total. The van der Waals surface area contributed by atoms with Crippen molar-refractivity contribution in [1.82, 2.24) is 15.0 Å². The Labute approximate surface area is 114 Å². The van der Waals surface area contributed by atoms with Crippen molar-refractivity contribution in [3.05, 3.63) is 46.5 Å². The molecule has 0 spiro atoms. The molecule has 0 radical (unpaired) electrons. The van der Waals surface area contributed by atoms with Crippen LogP contribution in [0.3, 0.4) is 0 Å². The predicted octanol–water partition coefficient (Wildman–Crippen LogP) is 2.75. The van der Waals surface area contributed by atoms with Crippen LogP contribution >= 0.6 is 23.2 Å². The summed E-state index contributed by atoms with van der Waals surface area (Å²) in [6.45, 7) is 0.480. The number of hydrogen-bond donors (Lipinski definition) is 0. The number of rotatable bonds is 4. The Morgan fingerprint density at radius 3 is 2.22 bits per heavy atom. The first-order chi connectivity index (χ1) is 8.69. The Hall–Kier alpha value is -1.43. The molecule has 7 heteroatoms. The minimum atomic E-state index is 0.0279. The number of benzene rings is 1. The topological polar surface area (TPSA) is 51.1 Å². The smallest absolute Gasteiger partial charge is 0.255 e. The van der Waals surface area contributed by atoms with Gasteiger partial charge in [-0.2, -0.15) is 15.0 Å². The third-order valence-corrected chi connectivity index (χ3v) is 2.52. The van der Waals surface area contributed by atoms with Crippen LogP contribution in [0.1, 0.15) is 5.56 Å². The minimum Gasteiger partial charge on any atom is -0.274 e. The zero-order valence-electron chi connectivity index (χ0n) is 9.55. The average Bonchev–Trinajstić information content (AvgIpc) is 2.36. The van der Waals surface area contributed by atoms with Crippen LogP contribution in [0.5, 0.6) is 0 Å². The van der Waals surface area contributed by atoms with Crippen molar-refractivity contribution in [3.63, 3.8) is 0 Å². The highest BCUT2D eigenvalue weighted by Gasteiger charge is 2.12. The maximum Gasteiger partial charge on any atom is 0.255 e. The lowest BCUT2D eigenvalue weighted by atomic mass is 10.2. The lowest BCUT2D eigenvalue weighted by Crippen LogP contribution is -2.23. The number of anilines is 1. The van der Waals surface area contributed by atoms with Gasteiger partial charge in [0.1, 0.15) is 0 Å². The molecular formula is C11H10Cl2N4O. The second-order valence-corrected chi connectivity index (χ2v) is 4.05. The standard InChI is InChI=1S/C11H10Cl2N4O/c1-18-17(7-8-5-3-2-4-6-8)11-15-9(12)14-10(13)16-11/h2-6H,7H2,1H3. The lowest BCUT2D eigenvalue weighted by Gasteiger charge is -2.19. The molecule has 0 amide bonds.